The first-order chi connectivity index (χ1) is 10.1. The minimum absolute atomic E-state index is 0.723. The summed E-state index contributed by atoms with van der Waals surface area (Å²) in [7, 11) is 0. The minimum Gasteiger partial charge on any atom is -0.313 e. The van der Waals surface area contributed by atoms with Crippen molar-refractivity contribution in [3.63, 3.8) is 0 Å². The molecule has 0 saturated heterocycles. The molecule has 0 fully saturated rings. The van der Waals surface area contributed by atoms with Crippen LogP contribution in [0.25, 0.3) is 0 Å². The highest BCUT2D eigenvalue weighted by atomic mass is 15.3. The Morgan fingerprint density at radius 1 is 1.24 bits per heavy atom. The van der Waals surface area contributed by atoms with Gasteiger partial charge in [-0.05, 0) is 63.1 Å². The molecular weight excluding hydrogens is 260 g/mol. The maximum Gasteiger partial charge on any atom is 0.0991 e. The second-order valence-corrected chi connectivity index (χ2v) is 5.43. The van der Waals surface area contributed by atoms with E-state index in [1.807, 2.05) is 32.0 Å². The number of hydrogen-bond acceptors (Lipinski definition) is 3. The number of rotatable bonds is 6. The van der Waals surface area contributed by atoms with Crippen molar-refractivity contribution in [1.82, 2.24) is 15.1 Å². The molecule has 0 aliphatic rings. The van der Waals surface area contributed by atoms with Crippen LogP contribution in [0.4, 0.5) is 0 Å². The van der Waals surface area contributed by atoms with Crippen LogP contribution >= 0.6 is 0 Å². The van der Waals surface area contributed by atoms with Crippen molar-refractivity contribution in [3.8, 4) is 6.07 Å². The van der Waals surface area contributed by atoms with Gasteiger partial charge in [-0.3, -0.25) is 4.68 Å². The Morgan fingerprint density at radius 3 is 2.67 bits per heavy atom. The monoisotopic (exact) mass is 282 g/mol. The lowest BCUT2D eigenvalue weighted by atomic mass is 10.1. The van der Waals surface area contributed by atoms with Crippen LogP contribution in [0.2, 0.25) is 0 Å². The summed E-state index contributed by atoms with van der Waals surface area (Å²) in [6.07, 6.45) is 1.05. The van der Waals surface area contributed by atoms with Gasteiger partial charge in [-0.15, -0.1) is 0 Å². The van der Waals surface area contributed by atoms with E-state index in [1.54, 1.807) is 0 Å². The van der Waals surface area contributed by atoms with Gasteiger partial charge in [0.25, 0.3) is 0 Å². The Bertz CT molecular complexity index is 649. The van der Waals surface area contributed by atoms with E-state index in [4.69, 9.17) is 5.26 Å². The van der Waals surface area contributed by atoms with Crippen LogP contribution in [-0.4, -0.2) is 16.3 Å². The van der Waals surface area contributed by atoms with Crippen LogP contribution in [0.1, 0.15) is 34.5 Å². The summed E-state index contributed by atoms with van der Waals surface area (Å²) < 4.78 is 2.06. The quantitative estimate of drug-likeness (QED) is 0.829. The molecule has 2 aromatic rings. The smallest absolute Gasteiger partial charge is 0.0991 e. The fourth-order valence-corrected chi connectivity index (χ4v) is 2.44. The van der Waals surface area contributed by atoms with Crippen molar-refractivity contribution < 1.29 is 0 Å². The molecule has 0 radical (unpaired) electrons. The Labute approximate surface area is 126 Å². The topological polar surface area (TPSA) is 53.6 Å². The van der Waals surface area contributed by atoms with Crippen LogP contribution in [0, 0.1) is 32.1 Å². The molecule has 1 heterocycles. The van der Waals surface area contributed by atoms with Crippen molar-refractivity contribution in [3.05, 3.63) is 52.3 Å². The van der Waals surface area contributed by atoms with E-state index in [1.165, 1.54) is 16.8 Å². The number of nitrogens with one attached hydrogen (secondary N) is 1. The number of hydrogen-bond donors (Lipinski definition) is 1. The van der Waals surface area contributed by atoms with Crippen LogP contribution in [0.5, 0.6) is 0 Å². The second kappa shape index (κ2) is 7.05. The number of aryl methyl sites for hydroxylation is 4. The van der Waals surface area contributed by atoms with Crippen LogP contribution in [0.15, 0.2) is 24.3 Å². The predicted molar refractivity (Wildman–Crippen MR) is 83.9 cm³/mol. The molecule has 0 saturated carbocycles. The largest absolute Gasteiger partial charge is 0.313 e. The molecule has 2 rings (SSSR count). The van der Waals surface area contributed by atoms with E-state index in [-0.39, 0.29) is 0 Å². The molecule has 1 N–H and O–H groups in total. The van der Waals surface area contributed by atoms with Gasteiger partial charge in [0.15, 0.2) is 0 Å². The zero-order chi connectivity index (χ0) is 15.2. The first-order valence-corrected chi connectivity index (χ1v) is 7.31. The summed E-state index contributed by atoms with van der Waals surface area (Å²) in [6, 6.07) is 10.1. The number of nitriles is 1. The Kier molecular flexibility index (Phi) is 5.13. The van der Waals surface area contributed by atoms with Gasteiger partial charge >= 0.3 is 0 Å². The predicted octanol–water partition coefficient (Wildman–Crippen LogP) is 2.86. The maximum atomic E-state index is 8.86. The van der Waals surface area contributed by atoms with E-state index in [9.17, 15) is 0 Å². The van der Waals surface area contributed by atoms with Gasteiger partial charge in [0, 0.05) is 18.8 Å². The normalized spacial score (nSPS) is 10.6. The fourth-order valence-electron chi connectivity index (χ4n) is 2.44. The molecule has 4 heteroatoms. The van der Waals surface area contributed by atoms with E-state index in [0.29, 0.717) is 0 Å². The minimum atomic E-state index is 0.723. The summed E-state index contributed by atoms with van der Waals surface area (Å²) in [5, 5.41) is 16.8. The Balaban J connectivity index is 1.75. The summed E-state index contributed by atoms with van der Waals surface area (Å²) in [6.45, 7) is 8.90. The van der Waals surface area contributed by atoms with Crippen molar-refractivity contribution >= 4 is 0 Å². The Hall–Kier alpha value is -2.12. The molecule has 4 nitrogen and oxygen atoms in total. The highest BCUT2D eigenvalue weighted by Gasteiger charge is 2.01. The van der Waals surface area contributed by atoms with Gasteiger partial charge in [-0.2, -0.15) is 10.4 Å². The lowest BCUT2D eigenvalue weighted by Crippen LogP contribution is -2.17. The van der Waals surface area contributed by atoms with Gasteiger partial charge in [0.05, 0.1) is 17.3 Å². The van der Waals surface area contributed by atoms with Crippen LogP contribution < -0.4 is 5.32 Å². The number of nitrogens with zero attached hydrogens (tertiary/aromatic N) is 3. The third kappa shape index (κ3) is 4.17. The fraction of sp³-hybridized carbons (Fsp3) is 0.412. The molecule has 0 aliphatic carbocycles. The van der Waals surface area contributed by atoms with E-state index >= 15 is 0 Å². The Morgan fingerprint density at radius 2 is 2.05 bits per heavy atom. The molecule has 0 spiro atoms. The second-order valence-electron chi connectivity index (χ2n) is 5.43. The molecule has 1 aromatic carbocycles. The van der Waals surface area contributed by atoms with Crippen LogP contribution in [-0.2, 0) is 13.1 Å². The third-order valence-electron chi connectivity index (χ3n) is 3.61. The van der Waals surface area contributed by atoms with Gasteiger partial charge in [-0.25, -0.2) is 0 Å². The average molecular weight is 282 g/mol. The molecule has 0 bridgehead atoms. The summed E-state index contributed by atoms with van der Waals surface area (Å²) in [4.78, 5) is 0. The number of aromatic nitrogens is 2. The molecule has 1 aromatic heterocycles. The lowest BCUT2D eigenvalue weighted by Gasteiger charge is -2.09. The van der Waals surface area contributed by atoms with Crippen molar-refractivity contribution in [2.24, 2.45) is 0 Å². The summed E-state index contributed by atoms with van der Waals surface area (Å²) >= 11 is 0. The van der Waals surface area contributed by atoms with Gasteiger partial charge in [0.1, 0.15) is 0 Å². The van der Waals surface area contributed by atoms with Crippen molar-refractivity contribution in [2.45, 2.75) is 40.3 Å². The van der Waals surface area contributed by atoms with Crippen LogP contribution in [0.3, 0.4) is 0 Å². The summed E-state index contributed by atoms with van der Waals surface area (Å²) in [5.74, 6) is 0. The molecule has 0 aliphatic heterocycles. The zero-order valence-corrected chi connectivity index (χ0v) is 13.0. The molecule has 110 valence electrons. The van der Waals surface area contributed by atoms with E-state index < -0.39 is 0 Å². The summed E-state index contributed by atoms with van der Waals surface area (Å²) in [5.41, 5.74) is 5.44. The maximum absolute atomic E-state index is 8.86. The standard InChI is InChI=1S/C17H22N4/c1-13-9-16(11-18)5-6-17(13)12-19-7-4-8-21-15(3)10-14(2)20-21/h5-6,9-10,19H,4,7-8,12H2,1-3H3. The average Bonchev–Trinajstić information content (AvgIpc) is 2.78. The van der Waals surface area contributed by atoms with Crippen molar-refractivity contribution in [2.75, 3.05) is 6.54 Å². The molecule has 21 heavy (non-hydrogen) atoms. The highest BCUT2D eigenvalue weighted by molar-refractivity contribution is 5.37. The van der Waals surface area contributed by atoms with Crippen molar-refractivity contribution in [1.29, 1.82) is 5.26 Å². The molecule has 0 amide bonds. The molecule has 0 atom stereocenters. The first kappa shape index (κ1) is 15.3. The first-order valence-electron chi connectivity index (χ1n) is 7.31. The number of benzene rings is 1. The molecule has 0 unspecified atom stereocenters. The SMILES string of the molecule is Cc1cc(C)n(CCCNCc2ccc(C#N)cc2C)n1. The third-order valence-corrected chi connectivity index (χ3v) is 3.61. The van der Waals surface area contributed by atoms with E-state index in [2.05, 4.69) is 34.2 Å². The van der Waals surface area contributed by atoms with E-state index in [0.717, 1.165) is 37.3 Å². The van der Waals surface area contributed by atoms with Gasteiger partial charge in [-0.1, -0.05) is 6.07 Å². The highest BCUT2D eigenvalue weighted by Crippen LogP contribution is 2.10. The lowest BCUT2D eigenvalue weighted by molar-refractivity contribution is 0.532. The van der Waals surface area contributed by atoms with Gasteiger partial charge in [0.2, 0.25) is 0 Å². The molecular formula is C17H22N4. The van der Waals surface area contributed by atoms with Gasteiger partial charge < -0.3 is 5.32 Å². The zero-order valence-electron chi connectivity index (χ0n) is 13.0.